The summed E-state index contributed by atoms with van der Waals surface area (Å²) in [5.41, 5.74) is 3.61. The highest BCUT2D eigenvalue weighted by molar-refractivity contribution is 5.96. The van der Waals surface area contributed by atoms with Crippen LogP contribution in [0.4, 0.5) is 0 Å². The lowest BCUT2D eigenvalue weighted by Gasteiger charge is -2.12. The van der Waals surface area contributed by atoms with Gasteiger partial charge in [-0.05, 0) is 55.3 Å². The molecule has 3 rings (SSSR count). The molecule has 0 saturated carbocycles. The molecule has 3 aromatic rings. The zero-order valence-electron chi connectivity index (χ0n) is 18.1. The molecule has 0 aliphatic rings. The van der Waals surface area contributed by atoms with Crippen molar-refractivity contribution >= 4 is 17.7 Å². The van der Waals surface area contributed by atoms with Gasteiger partial charge in [0.2, 0.25) is 0 Å². The van der Waals surface area contributed by atoms with E-state index >= 15 is 0 Å². The first-order valence-corrected chi connectivity index (χ1v) is 10.3. The molecule has 0 bridgehead atoms. The molecular formula is C26H25NO5. The van der Waals surface area contributed by atoms with E-state index in [0.717, 1.165) is 11.1 Å². The Labute approximate surface area is 187 Å². The van der Waals surface area contributed by atoms with Gasteiger partial charge in [-0.15, -0.1) is 0 Å². The number of rotatable bonds is 9. The molecular weight excluding hydrogens is 406 g/mol. The molecule has 0 saturated heterocycles. The number of amides is 1. The Kier molecular flexibility index (Phi) is 7.75. The van der Waals surface area contributed by atoms with Gasteiger partial charge in [-0.2, -0.15) is 0 Å². The number of carbonyl (C=O) groups is 3. The summed E-state index contributed by atoms with van der Waals surface area (Å²) in [6.45, 7) is 3.43. The van der Waals surface area contributed by atoms with Crippen molar-refractivity contribution in [2.24, 2.45) is 0 Å². The molecule has 0 heterocycles. The van der Waals surface area contributed by atoms with Crippen LogP contribution >= 0.6 is 0 Å². The van der Waals surface area contributed by atoms with Gasteiger partial charge in [0.15, 0.2) is 5.78 Å². The second kappa shape index (κ2) is 10.9. The first-order chi connectivity index (χ1) is 15.5. The van der Waals surface area contributed by atoms with Crippen LogP contribution in [0, 0.1) is 0 Å². The Balaban J connectivity index is 1.54. The van der Waals surface area contributed by atoms with Crippen LogP contribution in [0.15, 0.2) is 72.8 Å². The molecule has 0 fully saturated rings. The second-order valence-electron chi connectivity index (χ2n) is 7.10. The van der Waals surface area contributed by atoms with Crippen LogP contribution in [-0.4, -0.2) is 30.8 Å². The number of Topliss-reactive ketones (excluding diaryl/α,β-unsaturated/α-hetero) is 1. The third kappa shape index (κ3) is 6.04. The molecule has 32 heavy (non-hydrogen) atoms. The van der Waals surface area contributed by atoms with Crippen LogP contribution in [-0.2, 0) is 16.1 Å². The Morgan fingerprint density at radius 2 is 1.50 bits per heavy atom. The number of nitrogens with one attached hydrogen (secondary N) is 1. The van der Waals surface area contributed by atoms with Crippen LogP contribution in [0.25, 0.3) is 11.1 Å². The van der Waals surface area contributed by atoms with Crippen molar-refractivity contribution in [3.8, 4) is 16.9 Å². The smallest absolute Gasteiger partial charge is 0.325 e. The lowest BCUT2D eigenvalue weighted by molar-refractivity contribution is -0.143. The van der Waals surface area contributed by atoms with Gasteiger partial charge in [0, 0.05) is 16.7 Å². The summed E-state index contributed by atoms with van der Waals surface area (Å²) in [5, 5.41) is 2.56. The summed E-state index contributed by atoms with van der Waals surface area (Å²) in [5.74, 6) is -0.496. The maximum Gasteiger partial charge on any atom is 0.325 e. The third-order valence-corrected chi connectivity index (χ3v) is 4.80. The van der Waals surface area contributed by atoms with Gasteiger partial charge in [0.25, 0.3) is 5.91 Å². The SMILES string of the molecule is CCOc1ccc(C(C)=O)cc1COC(=O)CNC(=O)c1ccc(-c2ccccc2)cc1. The van der Waals surface area contributed by atoms with E-state index in [0.29, 0.717) is 29.0 Å². The second-order valence-corrected chi connectivity index (χ2v) is 7.10. The fourth-order valence-corrected chi connectivity index (χ4v) is 3.12. The highest BCUT2D eigenvalue weighted by Gasteiger charge is 2.13. The molecule has 1 N–H and O–H groups in total. The first-order valence-electron chi connectivity index (χ1n) is 10.3. The predicted molar refractivity (Wildman–Crippen MR) is 122 cm³/mol. The molecule has 0 unspecified atom stereocenters. The van der Waals surface area contributed by atoms with Crippen LogP contribution in [0.5, 0.6) is 5.75 Å². The molecule has 6 heteroatoms. The zero-order valence-corrected chi connectivity index (χ0v) is 18.1. The Morgan fingerprint density at radius 1 is 0.844 bits per heavy atom. The number of ether oxygens (including phenoxy) is 2. The van der Waals surface area contributed by atoms with E-state index in [4.69, 9.17) is 9.47 Å². The monoisotopic (exact) mass is 431 g/mol. The van der Waals surface area contributed by atoms with Crippen LogP contribution in [0.2, 0.25) is 0 Å². The minimum Gasteiger partial charge on any atom is -0.493 e. The summed E-state index contributed by atoms with van der Waals surface area (Å²) in [4.78, 5) is 36.1. The summed E-state index contributed by atoms with van der Waals surface area (Å²) in [6, 6.07) is 22.0. The molecule has 1 amide bonds. The molecule has 0 radical (unpaired) electrons. The van der Waals surface area contributed by atoms with Crippen molar-refractivity contribution < 1.29 is 23.9 Å². The molecule has 0 aromatic heterocycles. The lowest BCUT2D eigenvalue weighted by atomic mass is 10.0. The molecule has 0 spiro atoms. The van der Waals surface area contributed by atoms with Gasteiger partial charge < -0.3 is 14.8 Å². The van der Waals surface area contributed by atoms with E-state index in [2.05, 4.69) is 5.32 Å². The molecule has 3 aromatic carbocycles. The number of hydrogen-bond donors (Lipinski definition) is 1. The topological polar surface area (TPSA) is 81.7 Å². The van der Waals surface area contributed by atoms with Gasteiger partial charge in [-0.25, -0.2) is 0 Å². The van der Waals surface area contributed by atoms with E-state index in [1.165, 1.54) is 6.92 Å². The highest BCUT2D eigenvalue weighted by atomic mass is 16.5. The van der Waals surface area contributed by atoms with Gasteiger partial charge in [0.05, 0.1) is 6.61 Å². The average Bonchev–Trinajstić information content (AvgIpc) is 2.82. The highest BCUT2D eigenvalue weighted by Crippen LogP contribution is 2.22. The fraction of sp³-hybridized carbons (Fsp3) is 0.192. The van der Waals surface area contributed by atoms with Crippen LogP contribution in [0.1, 0.15) is 40.1 Å². The largest absolute Gasteiger partial charge is 0.493 e. The third-order valence-electron chi connectivity index (χ3n) is 4.80. The van der Waals surface area contributed by atoms with E-state index in [1.54, 1.807) is 30.3 Å². The molecule has 6 nitrogen and oxygen atoms in total. The standard InChI is InChI=1S/C26H25NO5/c1-3-31-24-14-13-22(18(2)28)15-23(24)17-32-25(29)16-27-26(30)21-11-9-20(10-12-21)19-7-5-4-6-8-19/h4-15H,3,16-17H2,1-2H3,(H,27,30). The first kappa shape index (κ1) is 22.7. The Bertz CT molecular complexity index is 1090. The van der Waals surface area contributed by atoms with E-state index in [1.807, 2.05) is 49.4 Å². The number of ketones is 1. The molecule has 0 aliphatic heterocycles. The normalized spacial score (nSPS) is 10.3. The molecule has 0 aliphatic carbocycles. The average molecular weight is 431 g/mol. The van der Waals surface area contributed by atoms with Crippen molar-refractivity contribution in [2.45, 2.75) is 20.5 Å². The minimum absolute atomic E-state index is 0.0586. The molecule has 0 atom stereocenters. The maximum absolute atomic E-state index is 12.4. The summed E-state index contributed by atoms with van der Waals surface area (Å²) in [7, 11) is 0. The summed E-state index contributed by atoms with van der Waals surface area (Å²) < 4.78 is 10.8. The number of benzene rings is 3. The van der Waals surface area contributed by atoms with E-state index in [9.17, 15) is 14.4 Å². The fourth-order valence-electron chi connectivity index (χ4n) is 3.12. The zero-order chi connectivity index (χ0) is 22.9. The van der Waals surface area contributed by atoms with Crippen molar-refractivity contribution in [1.29, 1.82) is 0 Å². The number of esters is 1. The summed E-state index contributed by atoms with van der Waals surface area (Å²) in [6.07, 6.45) is 0. The van der Waals surface area contributed by atoms with Gasteiger partial charge in [-0.3, -0.25) is 14.4 Å². The summed E-state index contributed by atoms with van der Waals surface area (Å²) >= 11 is 0. The molecule has 164 valence electrons. The van der Waals surface area contributed by atoms with Gasteiger partial charge in [0.1, 0.15) is 18.9 Å². The van der Waals surface area contributed by atoms with Crippen molar-refractivity contribution in [3.63, 3.8) is 0 Å². The number of hydrogen-bond acceptors (Lipinski definition) is 5. The number of carbonyl (C=O) groups excluding carboxylic acids is 3. The van der Waals surface area contributed by atoms with Crippen molar-refractivity contribution in [3.05, 3.63) is 89.5 Å². The predicted octanol–water partition coefficient (Wildman–Crippen LogP) is 4.43. The lowest BCUT2D eigenvalue weighted by Crippen LogP contribution is -2.30. The van der Waals surface area contributed by atoms with E-state index < -0.39 is 5.97 Å². The van der Waals surface area contributed by atoms with Crippen LogP contribution in [0.3, 0.4) is 0 Å². The van der Waals surface area contributed by atoms with Gasteiger partial charge in [-0.1, -0.05) is 42.5 Å². The Hall–Kier alpha value is -3.93. The maximum atomic E-state index is 12.4. The van der Waals surface area contributed by atoms with Crippen molar-refractivity contribution in [2.75, 3.05) is 13.2 Å². The Morgan fingerprint density at radius 3 is 2.16 bits per heavy atom. The van der Waals surface area contributed by atoms with Gasteiger partial charge >= 0.3 is 5.97 Å². The van der Waals surface area contributed by atoms with Crippen molar-refractivity contribution in [1.82, 2.24) is 5.32 Å². The van der Waals surface area contributed by atoms with E-state index in [-0.39, 0.29) is 24.8 Å². The van der Waals surface area contributed by atoms with Crippen LogP contribution < -0.4 is 10.1 Å². The minimum atomic E-state index is -0.588. The quantitative estimate of drug-likeness (QED) is 0.400.